The van der Waals surface area contributed by atoms with Crippen molar-refractivity contribution in [2.24, 2.45) is 5.84 Å². The van der Waals surface area contributed by atoms with Gasteiger partial charge in [0.1, 0.15) is 0 Å². The average Bonchev–Trinajstić information content (AvgIpc) is 2.95. The Morgan fingerprint density at radius 2 is 2.16 bits per heavy atom. The highest BCUT2D eigenvalue weighted by Crippen LogP contribution is 2.21. The number of hydrogen-bond donors (Lipinski definition) is 2. The van der Waals surface area contributed by atoms with Crippen LogP contribution in [0.2, 0.25) is 0 Å². The molecule has 1 heterocycles. The number of aromatic nitrogens is 2. The van der Waals surface area contributed by atoms with Crippen LogP contribution in [-0.2, 0) is 0 Å². The van der Waals surface area contributed by atoms with Crippen molar-refractivity contribution in [1.82, 2.24) is 15.2 Å². The molecule has 0 saturated heterocycles. The topological polar surface area (TPSA) is 55.9 Å². The van der Waals surface area contributed by atoms with Crippen LogP contribution in [0.3, 0.4) is 0 Å². The number of rotatable bonds is 6. The number of benzene rings is 1. The van der Waals surface area contributed by atoms with E-state index in [1.807, 2.05) is 47.4 Å². The molecule has 0 amide bonds. The third-order valence-corrected chi connectivity index (χ3v) is 3.22. The lowest BCUT2D eigenvalue weighted by Crippen LogP contribution is -2.28. The van der Waals surface area contributed by atoms with Crippen LogP contribution in [0.15, 0.2) is 54.9 Å². The highest BCUT2D eigenvalue weighted by atomic mass is 15.3. The van der Waals surface area contributed by atoms with Gasteiger partial charge in [0.25, 0.3) is 0 Å². The summed E-state index contributed by atoms with van der Waals surface area (Å²) in [7, 11) is 0. The first-order valence-corrected chi connectivity index (χ1v) is 6.47. The summed E-state index contributed by atoms with van der Waals surface area (Å²) in [6, 6.07) is 10.1. The van der Waals surface area contributed by atoms with E-state index in [2.05, 4.69) is 24.0 Å². The monoisotopic (exact) mass is 256 g/mol. The number of nitrogens with two attached hydrogens (primary N) is 1. The van der Waals surface area contributed by atoms with Gasteiger partial charge in [-0.05, 0) is 25.0 Å². The molecular formula is C15H20N4. The SMILES string of the molecule is C=C(CC)CC(NN)c1cnn(-c2ccccc2)c1. The van der Waals surface area contributed by atoms with E-state index in [-0.39, 0.29) is 6.04 Å². The molecule has 3 N–H and O–H groups in total. The number of hydrogen-bond acceptors (Lipinski definition) is 3. The van der Waals surface area contributed by atoms with Crippen LogP contribution >= 0.6 is 0 Å². The Balaban J connectivity index is 2.17. The maximum absolute atomic E-state index is 5.63. The third kappa shape index (κ3) is 3.30. The summed E-state index contributed by atoms with van der Waals surface area (Å²) in [6.45, 7) is 6.13. The first kappa shape index (κ1) is 13.5. The van der Waals surface area contributed by atoms with Crippen molar-refractivity contribution in [1.29, 1.82) is 0 Å². The summed E-state index contributed by atoms with van der Waals surface area (Å²) >= 11 is 0. The predicted octanol–water partition coefficient (Wildman–Crippen LogP) is 2.73. The van der Waals surface area contributed by atoms with Crippen LogP contribution in [0.5, 0.6) is 0 Å². The van der Waals surface area contributed by atoms with E-state index in [0.717, 1.165) is 24.1 Å². The highest BCUT2D eigenvalue weighted by Gasteiger charge is 2.13. The molecular weight excluding hydrogens is 236 g/mol. The van der Waals surface area contributed by atoms with Crippen molar-refractivity contribution < 1.29 is 0 Å². The minimum atomic E-state index is 0.0601. The average molecular weight is 256 g/mol. The number of nitrogens with one attached hydrogen (secondary N) is 1. The fourth-order valence-corrected chi connectivity index (χ4v) is 1.94. The number of nitrogens with zero attached hydrogens (tertiary/aromatic N) is 2. The summed E-state index contributed by atoms with van der Waals surface area (Å²) in [5.41, 5.74) is 6.12. The lowest BCUT2D eigenvalue weighted by atomic mass is 10.0. The molecule has 0 aliphatic carbocycles. The molecule has 1 unspecified atom stereocenters. The maximum Gasteiger partial charge on any atom is 0.0645 e. The zero-order valence-corrected chi connectivity index (χ0v) is 11.2. The van der Waals surface area contributed by atoms with E-state index >= 15 is 0 Å². The largest absolute Gasteiger partial charge is 0.271 e. The van der Waals surface area contributed by atoms with Gasteiger partial charge < -0.3 is 0 Å². The molecule has 1 aromatic carbocycles. The van der Waals surface area contributed by atoms with Gasteiger partial charge in [-0.3, -0.25) is 11.3 Å². The summed E-state index contributed by atoms with van der Waals surface area (Å²) < 4.78 is 1.86. The first-order chi connectivity index (χ1) is 9.24. The van der Waals surface area contributed by atoms with Gasteiger partial charge in [-0.25, -0.2) is 4.68 Å². The van der Waals surface area contributed by atoms with Crippen LogP contribution in [0.25, 0.3) is 5.69 Å². The van der Waals surface area contributed by atoms with Gasteiger partial charge in [0.2, 0.25) is 0 Å². The Hall–Kier alpha value is -1.91. The van der Waals surface area contributed by atoms with E-state index in [0.29, 0.717) is 0 Å². The van der Waals surface area contributed by atoms with Crippen molar-refractivity contribution in [2.75, 3.05) is 0 Å². The van der Waals surface area contributed by atoms with Gasteiger partial charge in [0.15, 0.2) is 0 Å². The highest BCUT2D eigenvalue weighted by molar-refractivity contribution is 5.31. The summed E-state index contributed by atoms with van der Waals surface area (Å²) in [4.78, 5) is 0. The van der Waals surface area contributed by atoms with Crippen LogP contribution in [0, 0.1) is 0 Å². The van der Waals surface area contributed by atoms with Crippen molar-refractivity contribution in [2.45, 2.75) is 25.8 Å². The molecule has 1 atom stereocenters. The molecule has 2 aromatic rings. The Bertz CT molecular complexity index is 530. The summed E-state index contributed by atoms with van der Waals surface area (Å²) in [5.74, 6) is 5.63. The fraction of sp³-hybridized carbons (Fsp3) is 0.267. The van der Waals surface area contributed by atoms with Crippen molar-refractivity contribution in [3.8, 4) is 5.69 Å². The maximum atomic E-state index is 5.63. The Morgan fingerprint density at radius 1 is 1.42 bits per heavy atom. The van der Waals surface area contributed by atoms with Gasteiger partial charge in [-0.1, -0.05) is 37.3 Å². The van der Waals surface area contributed by atoms with E-state index in [9.17, 15) is 0 Å². The lowest BCUT2D eigenvalue weighted by Gasteiger charge is -2.14. The molecule has 0 saturated carbocycles. The van der Waals surface area contributed by atoms with E-state index < -0.39 is 0 Å². The molecule has 19 heavy (non-hydrogen) atoms. The molecule has 100 valence electrons. The van der Waals surface area contributed by atoms with Crippen molar-refractivity contribution >= 4 is 0 Å². The Kier molecular flexibility index (Phi) is 4.49. The van der Waals surface area contributed by atoms with Gasteiger partial charge >= 0.3 is 0 Å². The van der Waals surface area contributed by atoms with Crippen LogP contribution in [-0.4, -0.2) is 9.78 Å². The molecule has 4 heteroatoms. The zero-order chi connectivity index (χ0) is 13.7. The van der Waals surface area contributed by atoms with Gasteiger partial charge in [0.05, 0.1) is 17.9 Å². The molecule has 1 aromatic heterocycles. The normalized spacial score (nSPS) is 12.3. The standard InChI is InChI=1S/C15H20N4/c1-3-12(2)9-15(18-16)13-10-17-19(11-13)14-7-5-4-6-8-14/h4-8,10-11,15,18H,2-3,9,16H2,1H3. The molecule has 0 fully saturated rings. The minimum absolute atomic E-state index is 0.0601. The van der Waals surface area contributed by atoms with Crippen molar-refractivity contribution in [3.05, 3.63) is 60.4 Å². The molecule has 0 bridgehead atoms. The minimum Gasteiger partial charge on any atom is -0.271 e. The second-order valence-corrected chi connectivity index (χ2v) is 4.58. The summed E-state index contributed by atoms with van der Waals surface area (Å²) in [6.07, 6.45) is 5.64. The lowest BCUT2D eigenvalue weighted by molar-refractivity contribution is 0.544. The van der Waals surface area contributed by atoms with Crippen LogP contribution in [0.1, 0.15) is 31.4 Å². The van der Waals surface area contributed by atoms with Gasteiger partial charge in [-0.15, -0.1) is 0 Å². The van der Waals surface area contributed by atoms with Crippen molar-refractivity contribution in [3.63, 3.8) is 0 Å². The third-order valence-electron chi connectivity index (χ3n) is 3.22. The Morgan fingerprint density at radius 3 is 2.79 bits per heavy atom. The second kappa shape index (κ2) is 6.31. The smallest absolute Gasteiger partial charge is 0.0645 e. The first-order valence-electron chi connectivity index (χ1n) is 6.47. The van der Waals surface area contributed by atoms with E-state index in [1.165, 1.54) is 5.57 Å². The molecule has 0 spiro atoms. The molecule has 4 nitrogen and oxygen atoms in total. The molecule has 0 aliphatic heterocycles. The molecule has 0 aliphatic rings. The van der Waals surface area contributed by atoms with E-state index in [1.54, 1.807) is 0 Å². The van der Waals surface area contributed by atoms with E-state index in [4.69, 9.17) is 5.84 Å². The number of hydrazine groups is 1. The van der Waals surface area contributed by atoms with Gasteiger partial charge in [-0.2, -0.15) is 5.10 Å². The molecule has 0 radical (unpaired) electrons. The van der Waals surface area contributed by atoms with Gasteiger partial charge in [0, 0.05) is 11.8 Å². The molecule has 2 rings (SSSR count). The predicted molar refractivity (Wildman–Crippen MR) is 77.7 cm³/mol. The fourth-order valence-electron chi connectivity index (χ4n) is 1.94. The second-order valence-electron chi connectivity index (χ2n) is 4.58. The zero-order valence-electron chi connectivity index (χ0n) is 11.2. The van der Waals surface area contributed by atoms with Crippen LogP contribution < -0.4 is 11.3 Å². The quantitative estimate of drug-likeness (QED) is 0.474. The Labute approximate surface area is 113 Å². The summed E-state index contributed by atoms with van der Waals surface area (Å²) in [5, 5.41) is 4.38. The van der Waals surface area contributed by atoms with Crippen LogP contribution in [0.4, 0.5) is 0 Å². The number of para-hydroxylation sites is 1.